The molecule has 0 radical (unpaired) electrons. The zero-order valence-corrected chi connectivity index (χ0v) is 9.92. The van der Waals surface area contributed by atoms with Gasteiger partial charge in [0.1, 0.15) is 11.8 Å². The summed E-state index contributed by atoms with van der Waals surface area (Å²) < 4.78 is 7.16. The Hall–Kier alpha value is -1.63. The Morgan fingerprint density at radius 3 is 2.76 bits per heavy atom. The van der Waals surface area contributed by atoms with Gasteiger partial charge in [-0.1, -0.05) is 0 Å². The summed E-state index contributed by atoms with van der Waals surface area (Å²) in [6.07, 6.45) is 1.46. The van der Waals surface area contributed by atoms with Crippen molar-refractivity contribution in [3.63, 3.8) is 0 Å². The Labute approximate surface area is 98.7 Å². The van der Waals surface area contributed by atoms with Crippen LogP contribution in [0.5, 0.6) is 5.88 Å². The third-order valence-corrected chi connectivity index (χ3v) is 2.94. The molecule has 0 aliphatic heterocycles. The SMILES string of the molecule is CCn1nc(C)c([N+](=O)[O-])c1OC1CC(N)C1. The molecular weight excluding hydrogens is 224 g/mol. The molecule has 0 saturated heterocycles. The molecule has 1 aliphatic carbocycles. The number of hydrogen-bond donors (Lipinski definition) is 1. The molecule has 7 nitrogen and oxygen atoms in total. The highest BCUT2D eigenvalue weighted by molar-refractivity contribution is 5.45. The van der Waals surface area contributed by atoms with Crippen molar-refractivity contribution in [2.24, 2.45) is 5.73 Å². The van der Waals surface area contributed by atoms with Crippen LogP contribution in [0.15, 0.2) is 0 Å². The van der Waals surface area contributed by atoms with Gasteiger partial charge in [-0.3, -0.25) is 10.1 Å². The lowest BCUT2D eigenvalue weighted by Crippen LogP contribution is -2.43. The molecule has 1 saturated carbocycles. The van der Waals surface area contributed by atoms with Gasteiger partial charge in [-0.2, -0.15) is 5.10 Å². The third-order valence-electron chi connectivity index (χ3n) is 2.94. The van der Waals surface area contributed by atoms with Gasteiger partial charge in [0.2, 0.25) is 0 Å². The maximum Gasteiger partial charge on any atom is 0.353 e. The lowest BCUT2D eigenvalue weighted by Gasteiger charge is -2.32. The molecule has 0 atom stereocenters. The number of aryl methyl sites for hydroxylation is 2. The largest absolute Gasteiger partial charge is 0.470 e. The fourth-order valence-corrected chi connectivity index (χ4v) is 1.95. The van der Waals surface area contributed by atoms with E-state index in [1.807, 2.05) is 6.92 Å². The number of ether oxygens (including phenoxy) is 1. The number of nitro groups is 1. The molecule has 7 heteroatoms. The van der Waals surface area contributed by atoms with Gasteiger partial charge in [0.05, 0.1) is 4.92 Å². The van der Waals surface area contributed by atoms with Crippen LogP contribution >= 0.6 is 0 Å². The van der Waals surface area contributed by atoms with Crippen LogP contribution in [0, 0.1) is 17.0 Å². The van der Waals surface area contributed by atoms with Crippen molar-refractivity contribution in [2.45, 2.75) is 45.4 Å². The van der Waals surface area contributed by atoms with E-state index in [0.29, 0.717) is 12.2 Å². The predicted octanol–water partition coefficient (Wildman–Crippen LogP) is 0.988. The van der Waals surface area contributed by atoms with Crippen molar-refractivity contribution in [1.29, 1.82) is 0 Å². The summed E-state index contributed by atoms with van der Waals surface area (Å²) >= 11 is 0. The van der Waals surface area contributed by atoms with Crippen LogP contribution in [0.4, 0.5) is 5.69 Å². The molecule has 0 unspecified atom stereocenters. The summed E-state index contributed by atoms with van der Waals surface area (Å²) in [5, 5.41) is 15.1. The van der Waals surface area contributed by atoms with E-state index >= 15 is 0 Å². The smallest absolute Gasteiger partial charge is 0.353 e. The monoisotopic (exact) mass is 240 g/mol. The minimum absolute atomic E-state index is 0.0231. The lowest BCUT2D eigenvalue weighted by molar-refractivity contribution is -0.386. The summed E-state index contributed by atoms with van der Waals surface area (Å²) in [6, 6.07) is 0.151. The zero-order chi connectivity index (χ0) is 12.6. The summed E-state index contributed by atoms with van der Waals surface area (Å²) in [4.78, 5) is 10.5. The number of rotatable bonds is 4. The Morgan fingerprint density at radius 1 is 1.65 bits per heavy atom. The van der Waals surface area contributed by atoms with Crippen molar-refractivity contribution in [1.82, 2.24) is 9.78 Å². The summed E-state index contributed by atoms with van der Waals surface area (Å²) in [7, 11) is 0. The quantitative estimate of drug-likeness (QED) is 0.625. The maximum absolute atomic E-state index is 11.0. The first-order valence-electron chi connectivity index (χ1n) is 5.67. The molecule has 2 N–H and O–H groups in total. The van der Waals surface area contributed by atoms with Crippen molar-refractivity contribution < 1.29 is 9.66 Å². The number of hydrogen-bond acceptors (Lipinski definition) is 5. The molecule has 94 valence electrons. The minimum atomic E-state index is -0.442. The average molecular weight is 240 g/mol. The van der Waals surface area contributed by atoms with Crippen molar-refractivity contribution in [2.75, 3.05) is 0 Å². The summed E-state index contributed by atoms with van der Waals surface area (Å²) in [5.74, 6) is 0.256. The van der Waals surface area contributed by atoms with Gasteiger partial charge in [0.25, 0.3) is 5.88 Å². The second-order valence-corrected chi connectivity index (χ2v) is 4.28. The van der Waals surface area contributed by atoms with Crippen LogP contribution in [0.3, 0.4) is 0 Å². The first-order chi connectivity index (χ1) is 8.02. The van der Waals surface area contributed by atoms with Crippen LogP contribution in [-0.4, -0.2) is 26.8 Å². The molecule has 0 spiro atoms. The van der Waals surface area contributed by atoms with E-state index < -0.39 is 4.92 Å². The molecule has 1 aliphatic rings. The first kappa shape index (κ1) is 11.8. The highest BCUT2D eigenvalue weighted by atomic mass is 16.6. The van der Waals surface area contributed by atoms with Gasteiger partial charge in [-0.05, 0) is 26.7 Å². The average Bonchev–Trinajstić information content (AvgIpc) is 2.52. The maximum atomic E-state index is 11.0. The van der Waals surface area contributed by atoms with Crippen molar-refractivity contribution in [3.05, 3.63) is 15.8 Å². The van der Waals surface area contributed by atoms with Gasteiger partial charge in [-0.15, -0.1) is 0 Å². The molecule has 2 rings (SSSR count). The normalized spacial score (nSPS) is 23.2. The zero-order valence-electron chi connectivity index (χ0n) is 9.92. The molecule has 0 aromatic carbocycles. The highest BCUT2D eigenvalue weighted by Gasteiger charge is 2.33. The van der Waals surface area contributed by atoms with Crippen LogP contribution in [0.2, 0.25) is 0 Å². The second-order valence-electron chi connectivity index (χ2n) is 4.28. The highest BCUT2D eigenvalue weighted by Crippen LogP contribution is 2.34. The van der Waals surface area contributed by atoms with Gasteiger partial charge < -0.3 is 10.5 Å². The van der Waals surface area contributed by atoms with Gasteiger partial charge >= 0.3 is 5.69 Å². The van der Waals surface area contributed by atoms with Crippen molar-refractivity contribution in [3.8, 4) is 5.88 Å². The lowest BCUT2D eigenvalue weighted by atomic mass is 9.90. The Balaban J connectivity index is 2.26. The molecule has 17 heavy (non-hydrogen) atoms. The van der Waals surface area contributed by atoms with E-state index in [4.69, 9.17) is 10.5 Å². The number of aromatic nitrogens is 2. The predicted molar refractivity (Wildman–Crippen MR) is 60.9 cm³/mol. The molecular formula is C10H16N4O3. The summed E-state index contributed by atoms with van der Waals surface area (Å²) in [6.45, 7) is 4.03. The molecule has 1 aromatic rings. The summed E-state index contributed by atoms with van der Waals surface area (Å²) in [5.41, 5.74) is 6.01. The minimum Gasteiger partial charge on any atom is -0.470 e. The van der Waals surface area contributed by atoms with Crippen LogP contribution < -0.4 is 10.5 Å². The van der Waals surface area contributed by atoms with E-state index in [2.05, 4.69) is 5.10 Å². The van der Waals surface area contributed by atoms with Crippen LogP contribution in [-0.2, 0) is 6.54 Å². The second kappa shape index (κ2) is 4.33. The van der Waals surface area contributed by atoms with E-state index in [1.165, 1.54) is 4.68 Å². The molecule has 1 heterocycles. The molecule has 0 amide bonds. The first-order valence-corrected chi connectivity index (χ1v) is 5.67. The van der Waals surface area contributed by atoms with Gasteiger partial charge in [0, 0.05) is 12.6 Å². The Kier molecular flexibility index (Phi) is 3.01. The van der Waals surface area contributed by atoms with E-state index in [9.17, 15) is 10.1 Å². The molecule has 1 fully saturated rings. The Morgan fingerprint density at radius 2 is 2.29 bits per heavy atom. The van der Waals surface area contributed by atoms with Crippen molar-refractivity contribution >= 4 is 5.69 Å². The van der Waals surface area contributed by atoms with Crippen LogP contribution in [0.1, 0.15) is 25.5 Å². The van der Waals surface area contributed by atoms with E-state index in [0.717, 1.165) is 12.8 Å². The van der Waals surface area contributed by atoms with Gasteiger partial charge in [0.15, 0.2) is 0 Å². The van der Waals surface area contributed by atoms with E-state index in [-0.39, 0.29) is 23.7 Å². The third kappa shape index (κ3) is 2.10. The van der Waals surface area contributed by atoms with Crippen LogP contribution in [0.25, 0.3) is 0 Å². The van der Waals surface area contributed by atoms with E-state index in [1.54, 1.807) is 6.92 Å². The number of nitrogens with zero attached hydrogens (tertiary/aromatic N) is 3. The standard InChI is InChI=1S/C10H16N4O3/c1-3-13-10(17-8-4-7(11)5-8)9(14(15)16)6(2)12-13/h7-8H,3-5,11H2,1-2H3. The van der Waals surface area contributed by atoms with Gasteiger partial charge in [-0.25, -0.2) is 4.68 Å². The fraction of sp³-hybridized carbons (Fsp3) is 0.700. The topological polar surface area (TPSA) is 96.2 Å². The molecule has 1 aromatic heterocycles. The Bertz CT molecular complexity index is 437. The molecule has 0 bridgehead atoms. The fourth-order valence-electron chi connectivity index (χ4n) is 1.95. The number of nitrogens with two attached hydrogens (primary N) is 1.